The van der Waals surface area contributed by atoms with Gasteiger partial charge in [-0.3, -0.25) is 9.69 Å². The normalized spacial score (nSPS) is 20.9. The van der Waals surface area contributed by atoms with Crippen molar-refractivity contribution in [1.82, 2.24) is 10.2 Å². The Labute approximate surface area is 97.1 Å². The molecule has 1 saturated heterocycles. The third-order valence-corrected chi connectivity index (χ3v) is 4.12. The highest BCUT2D eigenvalue weighted by atomic mass is 32.2. The van der Waals surface area contributed by atoms with Gasteiger partial charge in [0.2, 0.25) is 5.91 Å². The van der Waals surface area contributed by atoms with Crippen molar-refractivity contribution in [3.05, 3.63) is 0 Å². The van der Waals surface area contributed by atoms with Gasteiger partial charge in [-0.2, -0.15) is 0 Å². The molecule has 0 bridgehead atoms. The van der Waals surface area contributed by atoms with Gasteiger partial charge in [-0.15, -0.1) is 0 Å². The van der Waals surface area contributed by atoms with Crippen molar-refractivity contribution in [3.8, 4) is 0 Å². The molecular formula is C10H20N2O3S. The average Bonchev–Trinajstić information content (AvgIpc) is 2.18. The zero-order chi connectivity index (χ0) is 12.2. The fourth-order valence-corrected chi connectivity index (χ4v) is 2.76. The number of hydrogen-bond acceptors (Lipinski definition) is 4. The molecule has 0 aromatic carbocycles. The molecule has 94 valence electrons. The molecule has 1 amide bonds. The fourth-order valence-electron chi connectivity index (χ4n) is 1.49. The maximum absolute atomic E-state index is 11.5. The second-order valence-corrected chi connectivity index (χ2v) is 6.93. The molecule has 1 N–H and O–H groups in total. The largest absolute Gasteiger partial charge is 0.355 e. The van der Waals surface area contributed by atoms with Crippen molar-refractivity contribution in [1.29, 1.82) is 0 Å². The molecule has 0 spiro atoms. The van der Waals surface area contributed by atoms with Gasteiger partial charge in [0.25, 0.3) is 0 Å². The summed E-state index contributed by atoms with van der Waals surface area (Å²) >= 11 is 0. The number of sulfone groups is 1. The first-order chi connectivity index (χ1) is 7.39. The van der Waals surface area contributed by atoms with E-state index in [2.05, 4.69) is 5.32 Å². The molecular weight excluding hydrogens is 228 g/mol. The molecule has 1 aliphatic rings. The summed E-state index contributed by atoms with van der Waals surface area (Å²) in [5.74, 6) is 0.758. The van der Waals surface area contributed by atoms with E-state index in [0.29, 0.717) is 32.1 Å². The smallest absolute Gasteiger partial charge is 0.234 e. The third-order valence-electron chi connectivity index (χ3n) is 2.51. The van der Waals surface area contributed by atoms with Crippen LogP contribution in [-0.2, 0) is 14.6 Å². The standard InChI is InChI=1S/C10H20N2O3S/c1-9(2)7-11-10(13)8-12-3-5-16(14,15)6-4-12/h9H,3-8H2,1-2H3,(H,11,13). The Hall–Kier alpha value is -0.620. The van der Waals surface area contributed by atoms with Crippen LogP contribution in [0.2, 0.25) is 0 Å². The van der Waals surface area contributed by atoms with E-state index in [9.17, 15) is 13.2 Å². The Kier molecular flexibility index (Phi) is 4.73. The summed E-state index contributed by atoms with van der Waals surface area (Å²) in [6.07, 6.45) is 0. The molecule has 1 rings (SSSR count). The summed E-state index contributed by atoms with van der Waals surface area (Å²) in [7, 11) is -2.85. The molecule has 5 nitrogen and oxygen atoms in total. The first-order valence-electron chi connectivity index (χ1n) is 5.58. The summed E-state index contributed by atoms with van der Waals surface area (Å²) in [6.45, 7) is 5.99. The van der Waals surface area contributed by atoms with Gasteiger partial charge < -0.3 is 5.32 Å². The van der Waals surface area contributed by atoms with Gasteiger partial charge in [0, 0.05) is 19.6 Å². The van der Waals surface area contributed by atoms with Crippen molar-refractivity contribution in [2.24, 2.45) is 5.92 Å². The van der Waals surface area contributed by atoms with Crippen molar-refractivity contribution in [3.63, 3.8) is 0 Å². The Balaban J connectivity index is 2.26. The fraction of sp³-hybridized carbons (Fsp3) is 0.900. The zero-order valence-electron chi connectivity index (χ0n) is 9.90. The van der Waals surface area contributed by atoms with E-state index in [4.69, 9.17) is 0 Å². The molecule has 0 aliphatic carbocycles. The Morgan fingerprint density at radius 1 is 1.31 bits per heavy atom. The average molecular weight is 248 g/mol. The van der Waals surface area contributed by atoms with Gasteiger partial charge in [0.05, 0.1) is 18.1 Å². The first kappa shape index (κ1) is 13.4. The molecule has 1 heterocycles. The number of carbonyl (C=O) groups excluding carboxylic acids is 1. The lowest BCUT2D eigenvalue weighted by Gasteiger charge is -2.25. The number of nitrogens with one attached hydrogen (secondary N) is 1. The number of amides is 1. The number of nitrogens with zero attached hydrogens (tertiary/aromatic N) is 1. The first-order valence-corrected chi connectivity index (χ1v) is 7.40. The second kappa shape index (κ2) is 5.63. The lowest BCUT2D eigenvalue weighted by Crippen LogP contribution is -2.45. The van der Waals surface area contributed by atoms with Crippen LogP contribution >= 0.6 is 0 Å². The molecule has 0 saturated carbocycles. The molecule has 1 aliphatic heterocycles. The zero-order valence-corrected chi connectivity index (χ0v) is 10.7. The van der Waals surface area contributed by atoms with Gasteiger partial charge in [-0.05, 0) is 5.92 Å². The SMILES string of the molecule is CC(C)CNC(=O)CN1CCS(=O)(=O)CC1. The monoisotopic (exact) mass is 248 g/mol. The maximum atomic E-state index is 11.5. The molecule has 6 heteroatoms. The van der Waals surface area contributed by atoms with Crippen molar-refractivity contribution in [2.45, 2.75) is 13.8 Å². The number of rotatable bonds is 4. The quantitative estimate of drug-likeness (QED) is 0.727. The van der Waals surface area contributed by atoms with Gasteiger partial charge in [0.1, 0.15) is 0 Å². The predicted molar refractivity (Wildman–Crippen MR) is 62.9 cm³/mol. The molecule has 0 unspecified atom stereocenters. The van der Waals surface area contributed by atoms with E-state index in [1.807, 2.05) is 18.7 Å². The maximum Gasteiger partial charge on any atom is 0.234 e. The minimum absolute atomic E-state index is 0.0204. The predicted octanol–water partition coefficient (Wildman–Crippen LogP) is -0.511. The van der Waals surface area contributed by atoms with Crippen LogP contribution < -0.4 is 5.32 Å². The van der Waals surface area contributed by atoms with Crippen LogP contribution in [0.4, 0.5) is 0 Å². The van der Waals surface area contributed by atoms with Gasteiger partial charge >= 0.3 is 0 Å². The van der Waals surface area contributed by atoms with Crippen LogP contribution in [0.15, 0.2) is 0 Å². The topological polar surface area (TPSA) is 66.5 Å². The van der Waals surface area contributed by atoms with Crippen LogP contribution in [0.3, 0.4) is 0 Å². The van der Waals surface area contributed by atoms with Gasteiger partial charge in [0.15, 0.2) is 9.84 Å². The molecule has 0 radical (unpaired) electrons. The summed E-state index contributed by atoms with van der Waals surface area (Å²) in [4.78, 5) is 13.4. The molecule has 1 fully saturated rings. The van der Waals surface area contributed by atoms with E-state index in [1.54, 1.807) is 0 Å². The lowest BCUT2D eigenvalue weighted by molar-refractivity contribution is -0.122. The minimum atomic E-state index is -2.85. The van der Waals surface area contributed by atoms with E-state index < -0.39 is 9.84 Å². The van der Waals surface area contributed by atoms with Gasteiger partial charge in [-0.25, -0.2) is 8.42 Å². The molecule has 0 atom stereocenters. The van der Waals surface area contributed by atoms with E-state index in [1.165, 1.54) is 0 Å². The van der Waals surface area contributed by atoms with E-state index >= 15 is 0 Å². The Morgan fingerprint density at radius 3 is 2.38 bits per heavy atom. The summed E-state index contributed by atoms with van der Waals surface area (Å²) in [6, 6.07) is 0. The minimum Gasteiger partial charge on any atom is -0.355 e. The Morgan fingerprint density at radius 2 is 1.88 bits per heavy atom. The van der Waals surface area contributed by atoms with Crippen LogP contribution in [-0.4, -0.2) is 56.9 Å². The van der Waals surface area contributed by atoms with Crippen molar-refractivity contribution >= 4 is 15.7 Å². The van der Waals surface area contributed by atoms with Crippen LogP contribution in [0.1, 0.15) is 13.8 Å². The lowest BCUT2D eigenvalue weighted by atomic mass is 10.2. The summed E-state index contributed by atoms with van der Waals surface area (Å²) < 4.78 is 22.3. The van der Waals surface area contributed by atoms with Gasteiger partial charge in [-0.1, -0.05) is 13.8 Å². The van der Waals surface area contributed by atoms with Crippen LogP contribution in [0, 0.1) is 5.92 Å². The highest BCUT2D eigenvalue weighted by Gasteiger charge is 2.22. The van der Waals surface area contributed by atoms with Crippen molar-refractivity contribution in [2.75, 3.05) is 37.7 Å². The van der Waals surface area contributed by atoms with E-state index in [0.717, 1.165) is 0 Å². The number of hydrogen-bond donors (Lipinski definition) is 1. The molecule has 16 heavy (non-hydrogen) atoms. The second-order valence-electron chi connectivity index (χ2n) is 4.63. The molecule has 0 aromatic rings. The van der Waals surface area contributed by atoms with Crippen LogP contribution in [0.25, 0.3) is 0 Å². The third kappa shape index (κ3) is 4.94. The molecule has 0 aromatic heterocycles. The Bertz CT molecular complexity index is 324. The summed E-state index contributed by atoms with van der Waals surface area (Å²) in [5.41, 5.74) is 0. The highest BCUT2D eigenvalue weighted by Crippen LogP contribution is 2.02. The number of carbonyl (C=O) groups is 1. The van der Waals surface area contributed by atoms with Crippen LogP contribution in [0.5, 0.6) is 0 Å². The van der Waals surface area contributed by atoms with Crippen molar-refractivity contribution < 1.29 is 13.2 Å². The van der Waals surface area contributed by atoms with E-state index in [-0.39, 0.29) is 17.4 Å². The highest BCUT2D eigenvalue weighted by molar-refractivity contribution is 7.91. The summed E-state index contributed by atoms with van der Waals surface area (Å²) in [5, 5.41) is 2.82.